The zero-order valence-electron chi connectivity index (χ0n) is 14.9. The van der Waals surface area contributed by atoms with Crippen molar-refractivity contribution in [2.45, 2.75) is 58.3 Å². The van der Waals surface area contributed by atoms with Gasteiger partial charge in [0.1, 0.15) is 6.54 Å². The molecule has 2 aromatic heterocycles. The maximum atomic E-state index is 12.8. The average Bonchev–Trinajstić information content (AvgIpc) is 3.24. The Kier molecular flexibility index (Phi) is 4.81. The van der Waals surface area contributed by atoms with Gasteiger partial charge in [-0.15, -0.1) is 0 Å². The number of nitrogens with zero attached hydrogens (tertiary/aromatic N) is 4. The number of hydrogen-bond acceptors (Lipinski definition) is 4. The minimum atomic E-state index is -4.53. The summed E-state index contributed by atoms with van der Waals surface area (Å²) >= 11 is 0. The van der Waals surface area contributed by atoms with Crippen LogP contribution >= 0.6 is 0 Å². The molecule has 0 unspecified atom stereocenters. The molecular formula is C17H21F3N4O2. The van der Waals surface area contributed by atoms with Gasteiger partial charge in [-0.25, -0.2) is 0 Å². The molecule has 0 spiro atoms. The average molecular weight is 370 g/mol. The van der Waals surface area contributed by atoms with Crippen LogP contribution in [0.4, 0.5) is 13.2 Å². The van der Waals surface area contributed by atoms with Gasteiger partial charge >= 0.3 is 6.18 Å². The molecule has 1 aliphatic rings. The number of rotatable bonds is 4. The molecule has 1 fully saturated rings. The molecule has 0 N–H and O–H groups in total. The molecule has 0 bridgehead atoms. The van der Waals surface area contributed by atoms with Crippen LogP contribution in [0.1, 0.15) is 61.5 Å². The first kappa shape index (κ1) is 18.5. The van der Waals surface area contributed by atoms with Crippen LogP contribution in [-0.4, -0.2) is 32.3 Å². The molecule has 3 rings (SSSR count). The Hall–Kier alpha value is -2.32. The Morgan fingerprint density at radius 1 is 1.38 bits per heavy atom. The van der Waals surface area contributed by atoms with Crippen molar-refractivity contribution < 1.29 is 22.5 Å². The lowest BCUT2D eigenvalue weighted by atomic mass is 10.1. The second kappa shape index (κ2) is 6.77. The number of likely N-dealkylation sites (tertiary alicyclic amines) is 1. The summed E-state index contributed by atoms with van der Waals surface area (Å²) in [6, 6.07) is 2.56. The normalized spacial score (nSPS) is 18.1. The Morgan fingerprint density at radius 3 is 2.69 bits per heavy atom. The van der Waals surface area contributed by atoms with Crippen molar-refractivity contribution in [3.8, 4) is 0 Å². The molecule has 9 heteroatoms. The summed E-state index contributed by atoms with van der Waals surface area (Å²) in [5.41, 5.74) is 0.123. The monoisotopic (exact) mass is 370 g/mol. The highest BCUT2D eigenvalue weighted by Crippen LogP contribution is 2.34. The highest BCUT2D eigenvalue weighted by Gasteiger charge is 2.36. The van der Waals surface area contributed by atoms with Crippen LogP contribution in [0.5, 0.6) is 0 Å². The summed E-state index contributed by atoms with van der Waals surface area (Å²) in [5, 5.41) is 7.55. The van der Waals surface area contributed by atoms with E-state index in [0.717, 1.165) is 29.3 Å². The summed E-state index contributed by atoms with van der Waals surface area (Å²) in [6.45, 7) is 5.80. The lowest BCUT2D eigenvalue weighted by molar-refractivity contribution is -0.142. The van der Waals surface area contributed by atoms with E-state index in [1.54, 1.807) is 4.90 Å². The molecule has 142 valence electrons. The lowest BCUT2D eigenvalue weighted by Gasteiger charge is -2.23. The topological polar surface area (TPSA) is 64.2 Å². The Labute approximate surface area is 148 Å². The van der Waals surface area contributed by atoms with Crippen LogP contribution < -0.4 is 0 Å². The van der Waals surface area contributed by atoms with E-state index in [2.05, 4.69) is 10.3 Å². The number of amides is 1. The molecule has 0 aromatic carbocycles. The Morgan fingerprint density at radius 2 is 2.12 bits per heavy atom. The zero-order valence-corrected chi connectivity index (χ0v) is 14.9. The van der Waals surface area contributed by atoms with E-state index in [0.29, 0.717) is 18.0 Å². The second-order valence-electron chi connectivity index (χ2n) is 6.88. The molecule has 3 heterocycles. The molecule has 0 radical (unpaired) electrons. The third-order valence-corrected chi connectivity index (χ3v) is 4.60. The minimum absolute atomic E-state index is 0.213. The van der Waals surface area contributed by atoms with Gasteiger partial charge in [0.15, 0.2) is 11.5 Å². The van der Waals surface area contributed by atoms with E-state index < -0.39 is 11.9 Å². The standard InChI is InChI=1S/C17H21F3N4O2/c1-10(2)12-8-14(26-22-12)13-5-4-6-23(13)16(25)9-24-11(3)7-15(21-24)17(18,19)20/h7-8,10,13H,4-6,9H2,1-3H3/t13-/m1/s1. The van der Waals surface area contributed by atoms with E-state index in [4.69, 9.17) is 4.52 Å². The number of halogens is 3. The summed E-state index contributed by atoms with van der Waals surface area (Å²) in [4.78, 5) is 14.3. The number of aromatic nitrogens is 3. The van der Waals surface area contributed by atoms with Crippen molar-refractivity contribution >= 4 is 5.91 Å². The second-order valence-corrected chi connectivity index (χ2v) is 6.88. The largest absolute Gasteiger partial charge is 0.435 e. The summed E-state index contributed by atoms with van der Waals surface area (Å²) in [5.74, 6) is 0.549. The predicted octanol–water partition coefficient (Wildman–Crippen LogP) is 3.69. The van der Waals surface area contributed by atoms with Crippen LogP contribution in [-0.2, 0) is 17.5 Å². The highest BCUT2D eigenvalue weighted by atomic mass is 19.4. The van der Waals surface area contributed by atoms with Crippen LogP contribution in [0.2, 0.25) is 0 Å². The first-order chi connectivity index (χ1) is 12.2. The number of carbonyl (C=O) groups excluding carboxylic acids is 1. The third kappa shape index (κ3) is 3.61. The summed E-state index contributed by atoms with van der Waals surface area (Å²) in [6.07, 6.45) is -2.98. The van der Waals surface area contributed by atoms with Gasteiger partial charge in [0.2, 0.25) is 5.91 Å². The molecule has 0 aliphatic carbocycles. The van der Waals surface area contributed by atoms with E-state index in [-0.39, 0.29) is 24.4 Å². The third-order valence-electron chi connectivity index (χ3n) is 4.60. The van der Waals surface area contributed by atoms with E-state index >= 15 is 0 Å². The quantitative estimate of drug-likeness (QED) is 0.823. The first-order valence-corrected chi connectivity index (χ1v) is 8.54. The number of carbonyl (C=O) groups is 1. The molecule has 1 saturated heterocycles. The molecular weight excluding hydrogens is 349 g/mol. The van der Waals surface area contributed by atoms with E-state index in [9.17, 15) is 18.0 Å². The van der Waals surface area contributed by atoms with Gasteiger partial charge < -0.3 is 9.42 Å². The molecule has 1 amide bonds. The molecule has 1 atom stereocenters. The van der Waals surface area contributed by atoms with Crippen LogP contribution in [0, 0.1) is 6.92 Å². The summed E-state index contributed by atoms with van der Waals surface area (Å²) in [7, 11) is 0. The van der Waals surface area contributed by atoms with Gasteiger partial charge in [-0.1, -0.05) is 19.0 Å². The first-order valence-electron chi connectivity index (χ1n) is 8.54. The van der Waals surface area contributed by atoms with Crippen molar-refractivity contribution in [1.82, 2.24) is 19.8 Å². The minimum Gasteiger partial charge on any atom is -0.359 e. The van der Waals surface area contributed by atoms with Crippen molar-refractivity contribution in [2.75, 3.05) is 6.54 Å². The van der Waals surface area contributed by atoms with Gasteiger partial charge in [0.25, 0.3) is 0 Å². The molecule has 0 saturated carbocycles. The van der Waals surface area contributed by atoms with E-state index in [1.807, 2.05) is 19.9 Å². The number of hydrogen-bond donors (Lipinski definition) is 0. The molecule has 1 aliphatic heterocycles. The SMILES string of the molecule is Cc1cc(C(F)(F)F)nn1CC(=O)N1CCC[C@@H]1c1cc(C(C)C)no1. The fraction of sp³-hybridized carbons (Fsp3) is 0.588. The zero-order chi connectivity index (χ0) is 19.1. The predicted molar refractivity (Wildman–Crippen MR) is 86.2 cm³/mol. The summed E-state index contributed by atoms with van der Waals surface area (Å²) < 4.78 is 44.8. The van der Waals surface area contributed by atoms with Gasteiger partial charge in [-0.05, 0) is 31.7 Å². The maximum absolute atomic E-state index is 12.8. The lowest BCUT2D eigenvalue weighted by Crippen LogP contribution is -2.33. The van der Waals surface area contributed by atoms with Crippen molar-refractivity contribution in [2.24, 2.45) is 0 Å². The van der Waals surface area contributed by atoms with Gasteiger partial charge in [0.05, 0.1) is 11.7 Å². The highest BCUT2D eigenvalue weighted by molar-refractivity contribution is 5.76. The van der Waals surface area contributed by atoms with Crippen molar-refractivity contribution in [3.05, 3.63) is 35.0 Å². The van der Waals surface area contributed by atoms with Crippen LogP contribution in [0.15, 0.2) is 16.7 Å². The Bertz CT molecular complexity index is 794. The fourth-order valence-corrected chi connectivity index (χ4v) is 3.12. The molecule has 2 aromatic rings. The van der Waals surface area contributed by atoms with Crippen LogP contribution in [0.3, 0.4) is 0 Å². The fourth-order valence-electron chi connectivity index (χ4n) is 3.12. The van der Waals surface area contributed by atoms with Crippen molar-refractivity contribution in [3.63, 3.8) is 0 Å². The maximum Gasteiger partial charge on any atom is 0.435 e. The van der Waals surface area contributed by atoms with Crippen molar-refractivity contribution in [1.29, 1.82) is 0 Å². The van der Waals surface area contributed by atoms with E-state index in [1.165, 1.54) is 6.92 Å². The smallest absolute Gasteiger partial charge is 0.359 e. The van der Waals surface area contributed by atoms with Gasteiger partial charge in [0, 0.05) is 18.3 Å². The van der Waals surface area contributed by atoms with Gasteiger partial charge in [-0.3, -0.25) is 9.48 Å². The molecule has 26 heavy (non-hydrogen) atoms. The Balaban J connectivity index is 1.75. The molecule has 6 nitrogen and oxygen atoms in total. The number of alkyl halides is 3. The van der Waals surface area contributed by atoms with Crippen LogP contribution in [0.25, 0.3) is 0 Å². The van der Waals surface area contributed by atoms with Gasteiger partial charge in [-0.2, -0.15) is 18.3 Å². The number of aryl methyl sites for hydroxylation is 1.